The van der Waals surface area contributed by atoms with Crippen molar-refractivity contribution in [2.45, 2.75) is 37.8 Å². The van der Waals surface area contributed by atoms with E-state index >= 15 is 0 Å². The van der Waals surface area contributed by atoms with Crippen molar-refractivity contribution in [2.75, 3.05) is 13.2 Å². The average Bonchev–Trinajstić information content (AvgIpc) is 3.00. The van der Waals surface area contributed by atoms with Crippen molar-refractivity contribution in [3.8, 4) is 0 Å². The number of aliphatic hydroxyl groups excluding tert-OH is 2. The third kappa shape index (κ3) is 4.20. The van der Waals surface area contributed by atoms with Gasteiger partial charge in [0.15, 0.2) is 0 Å². The van der Waals surface area contributed by atoms with Crippen LogP contribution in [-0.2, 0) is 16.0 Å². The van der Waals surface area contributed by atoms with E-state index in [0.717, 1.165) is 30.2 Å². The van der Waals surface area contributed by atoms with Gasteiger partial charge < -0.3 is 20.8 Å². The van der Waals surface area contributed by atoms with Gasteiger partial charge >= 0.3 is 0 Å². The summed E-state index contributed by atoms with van der Waals surface area (Å²) in [5, 5.41) is 32.5. The Morgan fingerprint density at radius 2 is 2.08 bits per heavy atom. The van der Waals surface area contributed by atoms with Crippen LogP contribution < -0.4 is 10.6 Å². The largest absolute Gasteiger partial charge is 0.394 e. The highest BCUT2D eigenvalue weighted by Gasteiger charge is 2.31. The second-order valence-corrected chi connectivity index (χ2v) is 6.72. The van der Waals surface area contributed by atoms with E-state index in [2.05, 4.69) is 20.8 Å². The van der Waals surface area contributed by atoms with E-state index < -0.39 is 18.1 Å². The Morgan fingerprint density at radius 3 is 2.77 bits per heavy atom. The number of aliphatic hydroxyl groups is 2. The third-order valence-corrected chi connectivity index (χ3v) is 4.86. The number of nitrogens with zero attached hydrogens (tertiary/aromatic N) is 1. The molecule has 0 radical (unpaired) electrons. The number of rotatable bonds is 8. The first-order valence-electron chi connectivity index (χ1n) is 8.86. The van der Waals surface area contributed by atoms with Gasteiger partial charge in [0.1, 0.15) is 6.10 Å². The van der Waals surface area contributed by atoms with Gasteiger partial charge in [0.2, 0.25) is 11.8 Å². The molecule has 5 N–H and O–H groups in total. The predicted molar refractivity (Wildman–Crippen MR) is 95.2 cm³/mol. The maximum absolute atomic E-state index is 12.2. The highest BCUT2D eigenvalue weighted by atomic mass is 16.3. The Morgan fingerprint density at radius 1 is 1.31 bits per heavy atom. The Kier molecular flexibility index (Phi) is 5.85. The third-order valence-electron chi connectivity index (χ3n) is 4.86. The van der Waals surface area contributed by atoms with Crippen LogP contribution in [0, 0.1) is 5.92 Å². The molecular weight excluding hydrogens is 336 g/mol. The van der Waals surface area contributed by atoms with Crippen molar-refractivity contribution >= 4 is 22.7 Å². The lowest BCUT2D eigenvalue weighted by Gasteiger charge is -2.30. The molecule has 26 heavy (non-hydrogen) atoms. The molecule has 0 spiro atoms. The predicted octanol–water partition coefficient (Wildman–Crippen LogP) is -0.140. The molecule has 140 valence electrons. The summed E-state index contributed by atoms with van der Waals surface area (Å²) in [5.41, 5.74) is 1.50. The second-order valence-electron chi connectivity index (χ2n) is 6.72. The Balaban J connectivity index is 1.48. The lowest BCUT2D eigenvalue weighted by Crippen LogP contribution is -2.51. The van der Waals surface area contributed by atoms with E-state index in [1.54, 1.807) is 0 Å². The zero-order valence-corrected chi connectivity index (χ0v) is 14.4. The lowest BCUT2D eigenvalue weighted by molar-refractivity contribution is -0.135. The molecule has 1 unspecified atom stereocenters. The monoisotopic (exact) mass is 360 g/mol. The quantitative estimate of drug-likeness (QED) is 0.448. The van der Waals surface area contributed by atoms with Gasteiger partial charge in [0.25, 0.3) is 0 Å². The number of benzene rings is 1. The number of aromatic amines is 1. The van der Waals surface area contributed by atoms with Crippen molar-refractivity contribution in [3.05, 3.63) is 30.0 Å². The van der Waals surface area contributed by atoms with Crippen LogP contribution >= 0.6 is 0 Å². The molecule has 1 aromatic carbocycles. The van der Waals surface area contributed by atoms with Crippen molar-refractivity contribution in [1.82, 2.24) is 20.8 Å². The van der Waals surface area contributed by atoms with Gasteiger partial charge in [-0.1, -0.05) is 24.6 Å². The summed E-state index contributed by atoms with van der Waals surface area (Å²) in [7, 11) is 0. The molecule has 1 fully saturated rings. The fourth-order valence-corrected chi connectivity index (χ4v) is 3.03. The first kappa shape index (κ1) is 18.3. The number of nitrogens with one attached hydrogen (secondary N) is 3. The topological polar surface area (TPSA) is 127 Å². The van der Waals surface area contributed by atoms with Gasteiger partial charge in [-0.15, -0.1) is 0 Å². The van der Waals surface area contributed by atoms with Gasteiger partial charge in [-0.05, 0) is 24.8 Å². The maximum Gasteiger partial charge on any atom is 0.249 e. The fourth-order valence-electron chi connectivity index (χ4n) is 3.03. The van der Waals surface area contributed by atoms with Crippen LogP contribution in [-0.4, -0.2) is 57.5 Å². The zero-order valence-electron chi connectivity index (χ0n) is 14.4. The molecule has 0 saturated heterocycles. The van der Waals surface area contributed by atoms with Gasteiger partial charge in [-0.2, -0.15) is 5.10 Å². The molecule has 2 amide bonds. The van der Waals surface area contributed by atoms with Gasteiger partial charge in [-0.25, -0.2) is 0 Å². The van der Waals surface area contributed by atoms with E-state index in [9.17, 15) is 19.8 Å². The first-order valence-corrected chi connectivity index (χ1v) is 8.86. The number of amides is 2. The number of H-pyrrole nitrogens is 1. The number of carbonyl (C=O) groups excluding carboxylic acids is 2. The molecule has 2 atom stereocenters. The summed E-state index contributed by atoms with van der Waals surface area (Å²) in [4.78, 5) is 24.2. The number of para-hydroxylation sites is 1. The van der Waals surface area contributed by atoms with Crippen molar-refractivity contribution < 1.29 is 19.8 Å². The highest BCUT2D eigenvalue weighted by Crippen LogP contribution is 2.29. The molecular formula is C18H24N4O4. The molecule has 1 aromatic heterocycles. The molecule has 0 bridgehead atoms. The van der Waals surface area contributed by atoms with E-state index in [-0.39, 0.29) is 31.4 Å². The number of carbonyl (C=O) groups is 2. The molecule has 1 aliphatic rings. The molecule has 1 heterocycles. The molecule has 0 aliphatic heterocycles. The van der Waals surface area contributed by atoms with Crippen LogP contribution in [0.3, 0.4) is 0 Å². The van der Waals surface area contributed by atoms with Crippen LogP contribution in [0.5, 0.6) is 0 Å². The summed E-state index contributed by atoms with van der Waals surface area (Å²) in [6.45, 7) is -0.235. The smallest absolute Gasteiger partial charge is 0.249 e. The molecule has 1 aliphatic carbocycles. The van der Waals surface area contributed by atoms with Gasteiger partial charge in [0, 0.05) is 11.9 Å². The molecule has 1 saturated carbocycles. The highest BCUT2D eigenvalue weighted by molar-refractivity contribution is 5.87. The van der Waals surface area contributed by atoms with Gasteiger partial charge in [0.05, 0.1) is 30.3 Å². The SMILES string of the molecule is O=C(Cc1[nH]nc2ccccc12)NCC(CO)NC(=O)[C@H](O)C1CCC1. The summed E-state index contributed by atoms with van der Waals surface area (Å²) in [6, 6.07) is 6.86. The normalized spacial score (nSPS) is 16.7. The van der Waals surface area contributed by atoms with E-state index in [1.165, 1.54) is 0 Å². The van der Waals surface area contributed by atoms with E-state index in [0.29, 0.717) is 5.69 Å². The summed E-state index contributed by atoms with van der Waals surface area (Å²) in [5.74, 6) is -0.744. The van der Waals surface area contributed by atoms with E-state index in [1.807, 2.05) is 24.3 Å². The summed E-state index contributed by atoms with van der Waals surface area (Å²) in [6.07, 6.45) is 1.78. The Bertz CT molecular complexity index is 771. The zero-order chi connectivity index (χ0) is 18.5. The number of aromatic nitrogens is 2. The van der Waals surface area contributed by atoms with E-state index in [4.69, 9.17) is 0 Å². The van der Waals surface area contributed by atoms with Crippen LogP contribution in [0.1, 0.15) is 25.0 Å². The summed E-state index contributed by atoms with van der Waals surface area (Å²) < 4.78 is 0. The van der Waals surface area contributed by atoms with Crippen LogP contribution in [0.25, 0.3) is 10.9 Å². The molecule has 2 aromatic rings. The molecule has 3 rings (SSSR count). The molecule has 8 heteroatoms. The van der Waals surface area contributed by atoms with Crippen molar-refractivity contribution in [1.29, 1.82) is 0 Å². The van der Waals surface area contributed by atoms with Gasteiger partial charge in [-0.3, -0.25) is 14.7 Å². The first-order chi connectivity index (χ1) is 12.6. The number of hydrogen-bond donors (Lipinski definition) is 5. The molecule has 8 nitrogen and oxygen atoms in total. The maximum atomic E-state index is 12.2. The average molecular weight is 360 g/mol. The fraction of sp³-hybridized carbons (Fsp3) is 0.500. The van der Waals surface area contributed by atoms with Crippen molar-refractivity contribution in [2.24, 2.45) is 5.92 Å². The minimum absolute atomic E-state index is 0.00223. The summed E-state index contributed by atoms with van der Waals surface area (Å²) >= 11 is 0. The Hall–Kier alpha value is -2.45. The lowest BCUT2D eigenvalue weighted by atomic mass is 9.81. The van der Waals surface area contributed by atoms with Crippen LogP contribution in [0.4, 0.5) is 0 Å². The minimum atomic E-state index is -1.05. The van der Waals surface area contributed by atoms with Crippen molar-refractivity contribution in [3.63, 3.8) is 0 Å². The van der Waals surface area contributed by atoms with Crippen LogP contribution in [0.2, 0.25) is 0 Å². The number of hydrogen-bond acceptors (Lipinski definition) is 5. The standard InChI is InChI=1S/C18H24N4O4/c23-10-12(20-18(26)17(25)11-4-3-5-11)9-19-16(24)8-15-13-6-1-2-7-14(13)21-22-15/h1-2,6-7,11-12,17,23,25H,3-5,8-10H2,(H,19,24)(H,20,26)(H,21,22)/t12?,17-/m1/s1. The minimum Gasteiger partial charge on any atom is -0.394 e. The van der Waals surface area contributed by atoms with Crippen LogP contribution in [0.15, 0.2) is 24.3 Å². The number of fused-ring (bicyclic) bond motifs is 1. The second kappa shape index (κ2) is 8.29. The Labute approximate surface area is 151 Å².